The minimum absolute atomic E-state index is 0.0605. The summed E-state index contributed by atoms with van der Waals surface area (Å²) in [5.74, 6) is 0.0942. The molecule has 0 fully saturated rings. The number of carbonyl (C=O) groups excluding carboxylic acids is 1. The van der Waals surface area contributed by atoms with Gasteiger partial charge in [-0.2, -0.15) is 0 Å². The van der Waals surface area contributed by atoms with Gasteiger partial charge >= 0.3 is 5.97 Å². The number of hydrogen-bond donors (Lipinski definition) is 1. The highest BCUT2D eigenvalue weighted by Gasteiger charge is 2.07. The molecule has 1 aromatic rings. The third kappa shape index (κ3) is 3.97. The van der Waals surface area contributed by atoms with Gasteiger partial charge in [-0.3, -0.25) is 4.79 Å². The van der Waals surface area contributed by atoms with Crippen molar-refractivity contribution in [3.63, 3.8) is 0 Å². The molecule has 0 amide bonds. The number of nitrogens with zero attached hydrogens (tertiary/aromatic N) is 1. The van der Waals surface area contributed by atoms with Gasteiger partial charge in [-0.15, -0.1) is 11.8 Å². The Morgan fingerprint density at radius 2 is 2.50 bits per heavy atom. The van der Waals surface area contributed by atoms with Crippen LogP contribution in [0.4, 0.5) is 5.13 Å². The van der Waals surface area contributed by atoms with Crippen LogP contribution in [0.25, 0.3) is 0 Å². The quantitative estimate of drug-likeness (QED) is 0.633. The summed E-state index contributed by atoms with van der Waals surface area (Å²) in [5, 5.41) is 0.518. The second-order valence-corrected chi connectivity index (χ2v) is 5.18. The Balaban J connectivity index is 2.30. The summed E-state index contributed by atoms with van der Waals surface area (Å²) in [4.78, 5) is 15.0. The number of esters is 1. The molecule has 0 saturated carbocycles. The van der Waals surface area contributed by atoms with Crippen LogP contribution in [-0.2, 0) is 9.53 Å². The molecule has 0 aliphatic rings. The van der Waals surface area contributed by atoms with E-state index in [2.05, 4.69) is 4.98 Å². The van der Waals surface area contributed by atoms with Gasteiger partial charge < -0.3 is 10.5 Å². The van der Waals surface area contributed by atoms with Gasteiger partial charge in [0, 0.05) is 0 Å². The molecule has 0 radical (unpaired) electrons. The highest BCUT2D eigenvalue weighted by molar-refractivity contribution is 8.01. The van der Waals surface area contributed by atoms with Crippen LogP contribution in [-0.4, -0.2) is 22.8 Å². The van der Waals surface area contributed by atoms with E-state index in [0.717, 1.165) is 4.21 Å². The number of thioether (sulfide) groups is 1. The summed E-state index contributed by atoms with van der Waals surface area (Å²) in [7, 11) is 0. The van der Waals surface area contributed by atoms with Crippen molar-refractivity contribution >= 4 is 34.2 Å². The zero-order chi connectivity index (χ0) is 10.6. The van der Waals surface area contributed by atoms with Crippen molar-refractivity contribution in [1.29, 1.82) is 0 Å². The van der Waals surface area contributed by atoms with Crippen LogP contribution >= 0.6 is 23.1 Å². The van der Waals surface area contributed by atoms with E-state index in [1.165, 1.54) is 23.1 Å². The molecule has 0 bridgehead atoms. The molecule has 6 heteroatoms. The van der Waals surface area contributed by atoms with E-state index in [1.54, 1.807) is 6.20 Å². The maximum atomic E-state index is 11.1. The Bertz CT molecular complexity index is 312. The van der Waals surface area contributed by atoms with Crippen molar-refractivity contribution in [2.24, 2.45) is 0 Å². The van der Waals surface area contributed by atoms with Gasteiger partial charge in [-0.05, 0) is 13.8 Å². The molecule has 14 heavy (non-hydrogen) atoms. The molecule has 0 aliphatic carbocycles. The summed E-state index contributed by atoms with van der Waals surface area (Å²) in [6.07, 6.45) is 1.60. The molecule has 0 saturated heterocycles. The van der Waals surface area contributed by atoms with Crippen molar-refractivity contribution in [1.82, 2.24) is 4.98 Å². The predicted molar refractivity (Wildman–Crippen MR) is 58.5 cm³/mol. The number of nitrogens with two attached hydrogens (primary N) is 1. The zero-order valence-electron chi connectivity index (χ0n) is 8.02. The van der Waals surface area contributed by atoms with E-state index in [1.807, 2.05) is 13.8 Å². The Kier molecular flexibility index (Phi) is 4.21. The van der Waals surface area contributed by atoms with Crippen molar-refractivity contribution in [3.05, 3.63) is 6.20 Å². The molecule has 0 spiro atoms. The van der Waals surface area contributed by atoms with Crippen molar-refractivity contribution < 1.29 is 9.53 Å². The summed E-state index contributed by atoms with van der Waals surface area (Å²) in [6, 6.07) is 0. The normalized spacial score (nSPS) is 10.5. The standard InChI is InChI=1S/C8H12N2O2S2/c1-5(2)12-6(11)4-13-7-3-10-8(9)14-7/h3,5H,4H2,1-2H3,(H2,9,10). The predicted octanol–water partition coefficient (Wildman–Crippen LogP) is 1.77. The van der Waals surface area contributed by atoms with Gasteiger partial charge in [-0.25, -0.2) is 4.98 Å². The summed E-state index contributed by atoms with van der Waals surface area (Å²) < 4.78 is 5.91. The minimum atomic E-state index is -0.211. The lowest BCUT2D eigenvalue weighted by Gasteiger charge is -2.06. The fraction of sp³-hybridized carbons (Fsp3) is 0.500. The molecule has 0 aliphatic heterocycles. The third-order valence-corrected chi connectivity index (χ3v) is 3.20. The maximum absolute atomic E-state index is 11.1. The van der Waals surface area contributed by atoms with Crippen LogP contribution in [0, 0.1) is 0 Å². The first kappa shape index (κ1) is 11.3. The first-order chi connectivity index (χ1) is 6.58. The number of nitrogen functional groups attached to an aromatic ring is 1. The number of thiazole rings is 1. The molecule has 0 unspecified atom stereocenters. The number of aromatic nitrogens is 1. The number of anilines is 1. The van der Waals surface area contributed by atoms with Crippen LogP contribution in [0.1, 0.15) is 13.8 Å². The SMILES string of the molecule is CC(C)OC(=O)CSc1cnc(N)s1. The first-order valence-corrected chi connectivity index (χ1v) is 5.91. The largest absolute Gasteiger partial charge is 0.462 e. The fourth-order valence-corrected chi connectivity index (χ4v) is 2.31. The average Bonchev–Trinajstić information content (AvgIpc) is 2.47. The van der Waals surface area contributed by atoms with Crippen LogP contribution in [0.15, 0.2) is 10.4 Å². The molecule has 0 atom stereocenters. The van der Waals surface area contributed by atoms with E-state index in [9.17, 15) is 4.79 Å². The van der Waals surface area contributed by atoms with E-state index in [-0.39, 0.29) is 12.1 Å². The highest BCUT2D eigenvalue weighted by atomic mass is 32.2. The third-order valence-electron chi connectivity index (χ3n) is 1.20. The topological polar surface area (TPSA) is 65.2 Å². The van der Waals surface area contributed by atoms with Gasteiger partial charge in [0.1, 0.15) is 0 Å². The fourth-order valence-electron chi connectivity index (χ4n) is 0.766. The number of ether oxygens (including phenoxy) is 1. The minimum Gasteiger partial charge on any atom is -0.462 e. The van der Waals surface area contributed by atoms with Crippen molar-refractivity contribution in [3.8, 4) is 0 Å². The van der Waals surface area contributed by atoms with Gasteiger partial charge in [0.25, 0.3) is 0 Å². The molecule has 1 heterocycles. The Labute approximate surface area is 90.9 Å². The van der Waals surface area contributed by atoms with Crippen LogP contribution in [0.2, 0.25) is 0 Å². The van der Waals surface area contributed by atoms with Crippen LogP contribution < -0.4 is 5.73 Å². The maximum Gasteiger partial charge on any atom is 0.316 e. The van der Waals surface area contributed by atoms with Gasteiger partial charge in [0.05, 0.1) is 22.3 Å². The summed E-state index contributed by atoms with van der Waals surface area (Å²) >= 11 is 2.76. The second kappa shape index (κ2) is 5.21. The van der Waals surface area contributed by atoms with E-state index in [4.69, 9.17) is 10.5 Å². The van der Waals surface area contributed by atoms with E-state index in [0.29, 0.717) is 10.9 Å². The highest BCUT2D eigenvalue weighted by Crippen LogP contribution is 2.26. The Morgan fingerprint density at radius 1 is 1.79 bits per heavy atom. The molecule has 2 N–H and O–H groups in total. The van der Waals surface area contributed by atoms with Crippen molar-refractivity contribution in [2.45, 2.75) is 24.2 Å². The smallest absolute Gasteiger partial charge is 0.316 e. The van der Waals surface area contributed by atoms with Crippen LogP contribution in [0.3, 0.4) is 0 Å². The van der Waals surface area contributed by atoms with E-state index >= 15 is 0 Å². The monoisotopic (exact) mass is 232 g/mol. The van der Waals surface area contributed by atoms with Gasteiger partial charge in [-0.1, -0.05) is 11.3 Å². The molecule has 1 aromatic heterocycles. The molecular weight excluding hydrogens is 220 g/mol. The zero-order valence-corrected chi connectivity index (χ0v) is 9.65. The lowest BCUT2D eigenvalue weighted by Crippen LogP contribution is -2.12. The lowest BCUT2D eigenvalue weighted by molar-refractivity contribution is -0.144. The molecular formula is C8H12N2O2S2. The molecule has 1 rings (SSSR count). The first-order valence-electron chi connectivity index (χ1n) is 4.11. The van der Waals surface area contributed by atoms with Gasteiger partial charge in [0.15, 0.2) is 5.13 Å². The summed E-state index contributed by atoms with van der Waals surface area (Å²) in [6.45, 7) is 3.65. The van der Waals surface area contributed by atoms with Crippen molar-refractivity contribution in [2.75, 3.05) is 11.5 Å². The number of rotatable bonds is 4. The second-order valence-electron chi connectivity index (χ2n) is 2.84. The van der Waals surface area contributed by atoms with Crippen LogP contribution in [0.5, 0.6) is 0 Å². The van der Waals surface area contributed by atoms with Gasteiger partial charge in [0.2, 0.25) is 0 Å². The number of hydrogen-bond acceptors (Lipinski definition) is 6. The van der Waals surface area contributed by atoms with E-state index < -0.39 is 0 Å². The molecule has 4 nitrogen and oxygen atoms in total. The average molecular weight is 232 g/mol. The molecule has 78 valence electrons. The number of carbonyl (C=O) groups is 1. The Morgan fingerprint density at radius 3 is 3.00 bits per heavy atom. The molecule has 0 aromatic carbocycles. The summed E-state index contributed by atoms with van der Waals surface area (Å²) in [5.41, 5.74) is 5.44. The Hall–Kier alpha value is -0.750. The lowest BCUT2D eigenvalue weighted by atomic mass is 10.5.